The largest absolute Gasteiger partial charge is 0.378 e. The molecule has 2 rings (SSSR count). The molecule has 0 aromatic heterocycles. The lowest BCUT2D eigenvalue weighted by Gasteiger charge is -2.38. The second kappa shape index (κ2) is 6.57. The second-order valence-electron chi connectivity index (χ2n) is 5.04. The van der Waals surface area contributed by atoms with Crippen LogP contribution in [0.15, 0.2) is 0 Å². The second-order valence-corrected chi connectivity index (χ2v) is 5.04. The number of hydrogen-bond donors (Lipinski definition) is 1. The van der Waals surface area contributed by atoms with Crippen molar-refractivity contribution in [2.45, 2.75) is 51.3 Å². The molecular formula is C12H23ClN2O2. The molecule has 2 fully saturated rings. The third-order valence-corrected chi connectivity index (χ3v) is 3.51. The highest BCUT2D eigenvalue weighted by molar-refractivity contribution is 5.85. The molecule has 1 amide bonds. The van der Waals surface area contributed by atoms with Crippen molar-refractivity contribution in [1.29, 1.82) is 0 Å². The number of ether oxygens (including phenoxy) is 1. The number of piperazine rings is 1. The fourth-order valence-corrected chi connectivity index (χ4v) is 2.49. The molecule has 0 aliphatic carbocycles. The van der Waals surface area contributed by atoms with Crippen molar-refractivity contribution in [2.75, 3.05) is 19.7 Å². The van der Waals surface area contributed by atoms with Crippen LogP contribution in [0, 0.1) is 0 Å². The van der Waals surface area contributed by atoms with Gasteiger partial charge in [0.1, 0.15) is 0 Å². The SMILES string of the molecule is CC1CN(C(=O)CC2CCCO2)C(C)CN1.Cl. The Hall–Kier alpha value is -0.320. The highest BCUT2D eigenvalue weighted by atomic mass is 35.5. The first-order valence-corrected chi connectivity index (χ1v) is 6.31. The molecular weight excluding hydrogens is 240 g/mol. The summed E-state index contributed by atoms with van der Waals surface area (Å²) in [6, 6.07) is 0.717. The van der Waals surface area contributed by atoms with E-state index in [1.165, 1.54) is 0 Å². The van der Waals surface area contributed by atoms with Crippen LogP contribution in [-0.4, -0.2) is 48.7 Å². The molecule has 3 atom stereocenters. The minimum Gasteiger partial charge on any atom is -0.378 e. The summed E-state index contributed by atoms with van der Waals surface area (Å²) < 4.78 is 5.51. The zero-order valence-corrected chi connectivity index (χ0v) is 11.5. The Morgan fingerprint density at radius 3 is 2.88 bits per heavy atom. The van der Waals surface area contributed by atoms with Crippen LogP contribution in [0.3, 0.4) is 0 Å². The van der Waals surface area contributed by atoms with E-state index in [0.717, 1.165) is 32.5 Å². The Morgan fingerprint density at radius 2 is 2.24 bits per heavy atom. The average Bonchev–Trinajstić information content (AvgIpc) is 2.74. The molecule has 5 heteroatoms. The van der Waals surface area contributed by atoms with Crippen LogP contribution >= 0.6 is 12.4 Å². The summed E-state index contributed by atoms with van der Waals surface area (Å²) in [4.78, 5) is 14.1. The van der Waals surface area contributed by atoms with Crippen LogP contribution in [0.4, 0.5) is 0 Å². The van der Waals surface area contributed by atoms with Crippen molar-refractivity contribution in [2.24, 2.45) is 0 Å². The van der Waals surface area contributed by atoms with Gasteiger partial charge in [0.2, 0.25) is 5.91 Å². The van der Waals surface area contributed by atoms with Gasteiger partial charge in [0.15, 0.2) is 0 Å². The van der Waals surface area contributed by atoms with Gasteiger partial charge in [0, 0.05) is 31.8 Å². The van der Waals surface area contributed by atoms with Crippen molar-refractivity contribution in [1.82, 2.24) is 10.2 Å². The van der Waals surface area contributed by atoms with Gasteiger partial charge in [-0.05, 0) is 26.7 Å². The Morgan fingerprint density at radius 1 is 1.47 bits per heavy atom. The van der Waals surface area contributed by atoms with Crippen molar-refractivity contribution < 1.29 is 9.53 Å². The Labute approximate surface area is 109 Å². The van der Waals surface area contributed by atoms with Crippen molar-refractivity contribution in [3.8, 4) is 0 Å². The van der Waals surface area contributed by atoms with Gasteiger partial charge >= 0.3 is 0 Å². The van der Waals surface area contributed by atoms with Gasteiger partial charge in [0.25, 0.3) is 0 Å². The fraction of sp³-hybridized carbons (Fsp3) is 0.917. The third kappa shape index (κ3) is 3.83. The van der Waals surface area contributed by atoms with Crippen molar-refractivity contribution >= 4 is 18.3 Å². The summed E-state index contributed by atoms with van der Waals surface area (Å²) in [5, 5.41) is 3.39. The van der Waals surface area contributed by atoms with Crippen LogP contribution in [-0.2, 0) is 9.53 Å². The molecule has 3 unspecified atom stereocenters. The van der Waals surface area contributed by atoms with Crippen LogP contribution in [0.25, 0.3) is 0 Å². The van der Waals surface area contributed by atoms with E-state index < -0.39 is 0 Å². The van der Waals surface area contributed by atoms with E-state index in [2.05, 4.69) is 19.2 Å². The lowest BCUT2D eigenvalue weighted by Crippen LogP contribution is -2.56. The summed E-state index contributed by atoms with van der Waals surface area (Å²) in [5.74, 6) is 0.257. The van der Waals surface area contributed by atoms with Crippen LogP contribution in [0.5, 0.6) is 0 Å². The predicted octanol–water partition coefficient (Wildman–Crippen LogP) is 1.19. The Kier molecular flexibility index (Phi) is 5.70. The maximum Gasteiger partial charge on any atom is 0.225 e. The number of nitrogens with one attached hydrogen (secondary N) is 1. The quantitative estimate of drug-likeness (QED) is 0.813. The van der Waals surface area contributed by atoms with Gasteiger partial charge < -0.3 is 15.0 Å². The van der Waals surface area contributed by atoms with Crippen molar-refractivity contribution in [3.63, 3.8) is 0 Å². The number of carbonyl (C=O) groups excluding carboxylic acids is 1. The van der Waals surface area contributed by atoms with E-state index >= 15 is 0 Å². The summed E-state index contributed by atoms with van der Waals surface area (Å²) in [6.45, 7) is 6.78. The molecule has 2 aliphatic rings. The van der Waals surface area contributed by atoms with E-state index in [1.807, 2.05) is 4.90 Å². The fourth-order valence-electron chi connectivity index (χ4n) is 2.49. The minimum atomic E-state index is 0. The van der Waals surface area contributed by atoms with Gasteiger partial charge in [-0.25, -0.2) is 0 Å². The highest BCUT2D eigenvalue weighted by Crippen LogP contribution is 2.18. The number of halogens is 1. The van der Waals surface area contributed by atoms with Crippen LogP contribution < -0.4 is 5.32 Å². The lowest BCUT2D eigenvalue weighted by atomic mass is 10.1. The molecule has 0 saturated carbocycles. The first-order chi connectivity index (χ1) is 7.66. The maximum atomic E-state index is 12.1. The number of rotatable bonds is 2. The number of carbonyl (C=O) groups is 1. The summed E-state index contributed by atoms with van der Waals surface area (Å²) in [6.07, 6.45) is 2.88. The van der Waals surface area contributed by atoms with E-state index in [-0.39, 0.29) is 24.4 Å². The zero-order valence-electron chi connectivity index (χ0n) is 10.6. The normalized spacial score (nSPS) is 33.3. The van der Waals surface area contributed by atoms with E-state index in [0.29, 0.717) is 18.5 Å². The molecule has 17 heavy (non-hydrogen) atoms. The maximum absolute atomic E-state index is 12.1. The predicted molar refractivity (Wildman–Crippen MR) is 69.5 cm³/mol. The van der Waals surface area contributed by atoms with Crippen molar-refractivity contribution in [3.05, 3.63) is 0 Å². The summed E-state index contributed by atoms with van der Waals surface area (Å²) in [7, 11) is 0. The number of amides is 1. The monoisotopic (exact) mass is 262 g/mol. The minimum absolute atomic E-state index is 0. The molecule has 4 nitrogen and oxygen atoms in total. The molecule has 100 valence electrons. The first kappa shape index (κ1) is 14.7. The van der Waals surface area contributed by atoms with E-state index in [4.69, 9.17) is 4.74 Å². The summed E-state index contributed by atoms with van der Waals surface area (Å²) >= 11 is 0. The number of hydrogen-bond acceptors (Lipinski definition) is 3. The average molecular weight is 263 g/mol. The van der Waals surface area contributed by atoms with Gasteiger partial charge in [0.05, 0.1) is 12.5 Å². The van der Waals surface area contributed by atoms with E-state index in [1.54, 1.807) is 0 Å². The van der Waals surface area contributed by atoms with Crippen LogP contribution in [0.1, 0.15) is 33.1 Å². The van der Waals surface area contributed by atoms with Gasteiger partial charge in [-0.2, -0.15) is 0 Å². The first-order valence-electron chi connectivity index (χ1n) is 6.31. The molecule has 1 N–H and O–H groups in total. The standard InChI is InChI=1S/C12H22N2O2.ClH/c1-9-8-14(10(2)7-13-9)12(15)6-11-4-3-5-16-11;/h9-11,13H,3-8H2,1-2H3;1H. The molecule has 0 bridgehead atoms. The molecule has 0 radical (unpaired) electrons. The summed E-state index contributed by atoms with van der Waals surface area (Å²) in [5.41, 5.74) is 0. The molecule has 2 heterocycles. The molecule has 0 spiro atoms. The zero-order chi connectivity index (χ0) is 11.5. The van der Waals surface area contributed by atoms with Crippen LogP contribution in [0.2, 0.25) is 0 Å². The number of nitrogens with zero attached hydrogens (tertiary/aromatic N) is 1. The Bertz CT molecular complexity index is 257. The van der Waals surface area contributed by atoms with Gasteiger partial charge in [-0.1, -0.05) is 0 Å². The molecule has 0 aromatic rings. The topological polar surface area (TPSA) is 41.6 Å². The van der Waals surface area contributed by atoms with Gasteiger partial charge in [-0.15, -0.1) is 12.4 Å². The Balaban J connectivity index is 0.00000144. The lowest BCUT2D eigenvalue weighted by molar-refractivity contribution is -0.136. The molecule has 0 aromatic carbocycles. The highest BCUT2D eigenvalue weighted by Gasteiger charge is 2.29. The molecule has 2 aliphatic heterocycles. The van der Waals surface area contributed by atoms with E-state index in [9.17, 15) is 4.79 Å². The van der Waals surface area contributed by atoms with Gasteiger partial charge in [-0.3, -0.25) is 4.79 Å². The third-order valence-electron chi connectivity index (χ3n) is 3.51. The molecule has 2 saturated heterocycles. The smallest absolute Gasteiger partial charge is 0.225 e.